The molecule has 1 fully saturated rings. The summed E-state index contributed by atoms with van der Waals surface area (Å²) in [6.07, 6.45) is 4.17. The molecule has 5 nitrogen and oxygen atoms in total. The fraction of sp³-hybridized carbons (Fsp3) is 0.417. The number of hydrogen-bond acceptors (Lipinski definition) is 3. The monoisotopic (exact) mass is 391 g/mol. The average molecular weight is 392 g/mol. The number of benzene rings is 2. The number of amides is 2. The van der Waals surface area contributed by atoms with E-state index < -0.39 is 0 Å². The fourth-order valence-corrected chi connectivity index (χ4v) is 4.39. The summed E-state index contributed by atoms with van der Waals surface area (Å²) < 4.78 is 0. The molecule has 2 heterocycles. The lowest BCUT2D eigenvalue weighted by molar-refractivity contribution is -0.139. The van der Waals surface area contributed by atoms with Gasteiger partial charge in [0.25, 0.3) is 0 Å². The smallest absolute Gasteiger partial charge is 0.244 e. The van der Waals surface area contributed by atoms with Crippen molar-refractivity contribution < 1.29 is 9.59 Å². The summed E-state index contributed by atoms with van der Waals surface area (Å²) in [6.45, 7) is 4.59. The van der Waals surface area contributed by atoms with E-state index in [9.17, 15) is 9.59 Å². The van der Waals surface area contributed by atoms with Gasteiger partial charge in [0.05, 0.1) is 6.54 Å². The molecule has 0 unspecified atom stereocenters. The molecular formula is C24H29N3O2. The summed E-state index contributed by atoms with van der Waals surface area (Å²) in [4.78, 5) is 30.2. The van der Waals surface area contributed by atoms with Gasteiger partial charge >= 0.3 is 0 Å². The lowest BCUT2D eigenvalue weighted by Crippen LogP contribution is -2.49. The SMILES string of the molecule is Cc1ccc(NC(=O)CN2CCc3ccccc3[C@H]2C(=O)N2CCCCC2)cc1. The highest BCUT2D eigenvalue weighted by Crippen LogP contribution is 2.32. The lowest BCUT2D eigenvalue weighted by atomic mass is 9.91. The molecule has 0 bridgehead atoms. The minimum atomic E-state index is -0.373. The van der Waals surface area contributed by atoms with E-state index in [1.807, 2.05) is 59.2 Å². The summed E-state index contributed by atoms with van der Waals surface area (Å²) in [5.41, 5.74) is 4.22. The van der Waals surface area contributed by atoms with Crippen LogP contribution < -0.4 is 5.32 Å². The minimum Gasteiger partial charge on any atom is -0.341 e. The molecule has 2 aromatic carbocycles. The molecule has 1 atom stereocenters. The van der Waals surface area contributed by atoms with Crippen LogP contribution in [0.3, 0.4) is 0 Å². The number of piperidine rings is 1. The standard InChI is InChI=1S/C24H29N3O2/c1-18-9-11-20(12-10-18)25-22(28)17-27-16-13-19-7-3-4-8-21(19)23(27)24(29)26-14-5-2-6-15-26/h3-4,7-12,23H,2,5-6,13-17H2,1H3,(H,25,28)/t23-/m0/s1. The van der Waals surface area contributed by atoms with Gasteiger partial charge in [-0.05, 0) is 55.9 Å². The van der Waals surface area contributed by atoms with Crippen LogP contribution in [0.1, 0.15) is 42.0 Å². The zero-order valence-corrected chi connectivity index (χ0v) is 17.1. The van der Waals surface area contributed by atoms with Crippen LogP contribution in [0.2, 0.25) is 0 Å². The normalized spacial score (nSPS) is 19.5. The van der Waals surface area contributed by atoms with Gasteiger partial charge in [-0.3, -0.25) is 14.5 Å². The zero-order valence-electron chi connectivity index (χ0n) is 17.1. The third-order valence-corrected chi connectivity index (χ3v) is 5.97. The van der Waals surface area contributed by atoms with Crippen LogP contribution in [0, 0.1) is 6.92 Å². The quantitative estimate of drug-likeness (QED) is 0.867. The van der Waals surface area contributed by atoms with Gasteiger partial charge in [-0.15, -0.1) is 0 Å². The Morgan fingerprint density at radius 3 is 2.45 bits per heavy atom. The second kappa shape index (κ2) is 8.78. The summed E-state index contributed by atoms with van der Waals surface area (Å²) in [6, 6.07) is 15.6. The highest BCUT2D eigenvalue weighted by Gasteiger charge is 2.36. The summed E-state index contributed by atoms with van der Waals surface area (Å²) in [5, 5.41) is 2.97. The molecule has 0 aromatic heterocycles. The van der Waals surface area contributed by atoms with Gasteiger partial charge in [-0.2, -0.15) is 0 Å². The molecule has 1 N–H and O–H groups in total. The van der Waals surface area contributed by atoms with E-state index in [1.165, 1.54) is 12.0 Å². The van der Waals surface area contributed by atoms with Crippen LogP contribution in [-0.2, 0) is 16.0 Å². The largest absolute Gasteiger partial charge is 0.341 e. The number of rotatable bonds is 4. The first kappa shape index (κ1) is 19.6. The number of likely N-dealkylation sites (tertiary alicyclic amines) is 1. The molecule has 0 aliphatic carbocycles. The molecule has 0 saturated carbocycles. The van der Waals surface area contributed by atoms with Crippen molar-refractivity contribution in [2.45, 2.75) is 38.6 Å². The number of carbonyl (C=O) groups is 2. The van der Waals surface area contributed by atoms with Gasteiger partial charge in [0.2, 0.25) is 11.8 Å². The van der Waals surface area contributed by atoms with Crippen molar-refractivity contribution in [3.8, 4) is 0 Å². The Morgan fingerprint density at radius 2 is 1.69 bits per heavy atom. The van der Waals surface area contributed by atoms with Crippen molar-refractivity contribution in [2.75, 3.05) is 31.5 Å². The van der Waals surface area contributed by atoms with Gasteiger partial charge in [0, 0.05) is 25.3 Å². The van der Waals surface area contributed by atoms with Gasteiger partial charge < -0.3 is 10.2 Å². The van der Waals surface area contributed by atoms with Crippen LogP contribution in [0.15, 0.2) is 48.5 Å². The van der Waals surface area contributed by atoms with E-state index in [-0.39, 0.29) is 24.4 Å². The first-order chi connectivity index (χ1) is 14.1. The molecule has 2 aromatic rings. The number of aryl methyl sites for hydroxylation is 1. The highest BCUT2D eigenvalue weighted by atomic mass is 16.2. The van der Waals surface area contributed by atoms with E-state index in [0.29, 0.717) is 6.54 Å². The van der Waals surface area contributed by atoms with Crippen LogP contribution >= 0.6 is 0 Å². The molecule has 29 heavy (non-hydrogen) atoms. The van der Waals surface area contributed by atoms with Gasteiger partial charge in [0.1, 0.15) is 6.04 Å². The Bertz CT molecular complexity index is 872. The van der Waals surface area contributed by atoms with Crippen molar-refractivity contribution in [1.29, 1.82) is 0 Å². The number of nitrogens with one attached hydrogen (secondary N) is 1. The Balaban J connectivity index is 1.53. The second-order valence-electron chi connectivity index (χ2n) is 8.12. The fourth-order valence-electron chi connectivity index (χ4n) is 4.39. The molecule has 4 rings (SSSR count). The highest BCUT2D eigenvalue weighted by molar-refractivity contribution is 5.93. The van der Waals surface area contributed by atoms with E-state index in [2.05, 4.69) is 11.4 Å². The van der Waals surface area contributed by atoms with Gasteiger partial charge in [0.15, 0.2) is 0 Å². The molecule has 2 amide bonds. The molecule has 0 radical (unpaired) electrons. The average Bonchev–Trinajstić information content (AvgIpc) is 2.75. The van der Waals surface area contributed by atoms with Crippen molar-refractivity contribution in [2.24, 2.45) is 0 Å². The Labute approximate surface area is 172 Å². The predicted octanol–water partition coefficient (Wildman–Crippen LogP) is 3.55. The first-order valence-corrected chi connectivity index (χ1v) is 10.6. The molecule has 152 valence electrons. The minimum absolute atomic E-state index is 0.0790. The van der Waals surface area contributed by atoms with Gasteiger partial charge in [-0.25, -0.2) is 0 Å². The van der Waals surface area contributed by atoms with Crippen molar-refractivity contribution in [3.05, 3.63) is 65.2 Å². The summed E-state index contributed by atoms with van der Waals surface area (Å²) in [5.74, 6) is 0.0599. The van der Waals surface area contributed by atoms with Crippen LogP contribution in [-0.4, -0.2) is 47.8 Å². The predicted molar refractivity (Wildman–Crippen MR) is 115 cm³/mol. The molecule has 5 heteroatoms. The first-order valence-electron chi connectivity index (χ1n) is 10.6. The van der Waals surface area contributed by atoms with Crippen LogP contribution in [0.25, 0.3) is 0 Å². The van der Waals surface area contributed by atoms with Crippen molar-refractivity contribution in [3.63, 3.8) is 0 Å². The van der Waals surface area contributed by atoms with E-state index >= 15 is 0 Å². The molecule has 1 saturated heterocycles. The third-order valence-electron chi connectivity index (χ3n) is 5.97. The Kier molecular flexibility index (Phi) is 5.95. The number of hydrogen-bond donors (Lipinski definition) is 1. The maximum Gasteiger partial charge on any atom is 0.244 e. The molecular weight excluding hydrogens is 362 g/mol. The third kappa shape index (κ3) is 4.51. The zero-order chi connectivity index (χ0) is 20.2. The number of carbonyl (C=O) groups excluding carboxylic acids is 2. The molecule has 2 aliphatic rings. The van der Waals surface area contributed by atoms with E-state index in [0.717, 1.165) is 49.2 Å². The second-order valence-corrected chi connectivity index (χ2v) is 8.12. The van der Waals surface area contributed by atoms with Crippen LogP contribution in [0.4, 0.5) is 5.69 Å². The Morgan fingerprint density at radius 1 is 0.966 bits per heavy atom. The van der Waals surface area contributed by atoms with Gasteiger partial charge in [-0.1, -0.05) is 42.0 Å². The number of nitrogens with zero attached hydrogens (tertiary/aromatic N) is 2. The lowest BCUT2D eigenvalue weighted by Gasteiger charge is -2.39. The Hall–Kier alpha value is -2.66. The molecule has 2 aliphatic heterocycles. The molecule has 0 spiro atoms. The summed E-state index contributed by atoms with van der Waals surface area (Å²) >= 11 is 0. The van der Waals surface area contributed by atoms with E-state index in [1.54, 1.807) is 0 Å². The summed E-state index contributed by atoms with van der Waals surface area (Å²) in [7, 11) is 0. The topological polar surface area (TPSA) is 52.7 Å². The van der Waals surface area contributed by atoms with E-state index in [4.69, 9.17) is 0 Å². The number of anilines is 1. The maximum absolute atomic E-state index is 13.5. The number of fused-ring (bicyclic) bond motifs is 1. The van der Waals surface area contributed by atoms with Crippen molar-refractivity contribution >= 4 is 17.5 Å². The van der Waals surface area contributed by atoms with Crippen LogP contribution in [0.5, 0.6) is 0 Å². The van der Waals surface area contributed by atoms with Crippen molar-refractivity contribution in [1.82, 2.24) is 9.80 Å². The maximum atomic E-state index is 13.5.